The van der Waals surface area contributed by atoms with Crippen LogP contribution in [0.25, 0.3) is 10.9 Å². The molecule has 1 N–H and O–H groups in total. The zero-order chi connectivity index (χ0) is 14.9. The van der Waals surface area contributed by atoms with E-state index in [2.05, 4.69) is 15.4 Å². The van der Waals surface area contributed by atoms with Crippen LogP contribution in [0.5, 0.6) is 0 Å². The van der Waals surface area contributed by atoms with Crippen molar-refractivity contribution in [3.8, 4) is 0 Å². The van der Waals surface area contributed by atoms with Crippen molar-refractivity contribution in [2.24, 2.45) is 5.92 Å². The highest BCUT2D eigenvalue weighted by Gasteiger charge is 2.34. The molecule has 1 atom stereocenters. The lowest BCUT2D eigenvalue weighted by Gasteiger charge is -2.44. The molecule has 3 fully saturated rings. The predicted octanol–water partition coefficient (Wildman–Crippen LogP) is 1.99. The number of carbonyl (C=O) groups is 1. The van der Waals surface area contributed by atoms with Gasteiger partial charge in [0.05, 0.1) is 17.1 Å². The van der Waals surface area contributed by atoms with Crippen LogP contribution in [0.3, 0.4) is 0 Å². The van der Waals surface area contributed by atoms with Gasteiger partial charge in [0.25, 0.3) is 0 Å². The summed E-state index contributed by atoms with van der Waals surface area (Å²) in [5.41, 5.74) is 4.34. The fourth-order valence-electron chi connectivity index (χ4n) is 3.47. The Balaban J connectivity index is 1.43. The molecule has 3 aliphatic heterocycles. The van der Waals surface area contributed by atoms with Gasteiger partial charge in [0.2, 0.25) is 0 Å². The largest absolute Gasteiger partial charge is 0.366 e. The van der Waals surface area contributed by atoms with E-state index in [-0.39, 0.29) is 12.0 Å². The Hall–Kier alpha value is -1.98. The van der Waals surface area contributed by atoms with Crippen molar-refractivity contribution in [3.63, 3.8) is 0 Å². The molecule has 4 heterocycles. The van der Waals surface area contributed by atoms with Gasteiger partial charge in [0.1, 0.15) is 0 Å². The summed E-state index contributed by atoms with van der Waals surface area (Å²) in [6.45, 7) is 3.31. The van der Waals surface area contributed by atoms with Gasteiger partial charge in [-0.15, -0.1) is 5.48 Å². The topological polar surface area (TPSA) is 54.5 Å². The monoisotopic (exact) mass is 297 g/mol. The highest BCUT2D eigenvalue weighted by molar-refractivity contribution is 5.93. The van der Waals surface area contributed by atoms with Crippen molar-refractivity contribution in [2.75, 3.05) is 19.6 Å². The lowest BCUT2D eigenvalue weighted by Crippen LogP contribution is -2.56. The third kappa shape index (κ3) is 2.58. The number of aromatic nitrogens is 1. The number of nitrogens with one attached hydrogen (secondary N) is 1. The molecule has 0 radical (unpaired) electrons. The maximum Gasteiger partial charge on any atom is 0.358 e. The molecule has 1 unspecified atom stereocenters. The molecule has 114 valence electrons. The molecule has 0 saturated carbocycles. The molecule has 3 aliphatic rings. The number of carbonyl (C=O) groups excluding carboxylic acids is 1. The van der Waals surface area contributed by atoms with Crippen molar-refractivity contribution < 1.29 is 9.63 Å². The van der Waals surface area contributed by atoms with Crippen LogP contribution in [0.4, 0.5) is 0 Å². The molecule has 1 aromatic heterocycles. The van der Waals surface area contributed by atoms with E-state index in [1.165, 1.54) is 25.9 Å². The lowest BCUT2D eigenvalue weighted by molar-refractivity contribution is -0.0243. The van der Waals surface area contributed by atoms with Gasteiger partial charge in [-0.3, -0.25) is 4.98 Å². The first-order valence-electron chi connectivity index (χ1n) is 7.83. The molecule has 2 aromatic rings. The molecular formula is C17H19N3O2. The zero-order valence-electron chi connectivity index (χ0n) is 12.4. The van der Waals surface area contributed by atoms with Gasteiger partial charge < -0.3 is 9.74 Å². The van der Waals surface area contributed by atoms with Crippen LogP contribution < -0.4 is 5.48 Å². The minimum atomic E-state index is -0.366. The number of nitrogens with zero attached hydrogens (tertiary/aromatic N) is 2. The maximum atomic E-state index is 12.2. The molecule has 5 rings (SSSR count). The first-order chi connectivity index (χ1) is 10.8. The molecule has 22 heavy (non-hydrogen) atoms. The average Bonchev–Trinajstić information content (AvgIpc) is 2.60. The van der Waals surface area contributed by atoms with Crippen LogP contribution in [0.15, 0.2) is 36.5 Å². The Kier molecular flexibility index (Phi) is 3.52. The van der Waals surface area contributed by atoms with Crippen LogP contribution >= 0.6 is 0 Å². The summed E-state index contributed by atoms with van der Waals surface area (Å²) in [6.07, 6.45) is 3.95. The summed E-state index contributed by atoms with van der Waals surface area (Å²) in [4.78, 5) is 24.2. The van der Waals surface area contributed by atoms with Gasteiger partial charge in [-0.05, 0) is 44.0 Å². The van der Waals surface area contributed by atoms with Crippen molar-refractivity contribution >= 4 is 16.9 Å². The van der Waals surface area contributed by atoms with Crippen molar-refractivity contribution in [1.29, 1.82) is 0 Å². The maximum absolute atomic E-state index is 12.2. The number of para-hydroxylation sites is 1. The smallest absolute Gasteiger partial charge is 0.358 e. The Morgan fingerprint density at radius 1 is 1.27 bits per heavy atom. The van der Waals surface area contributed by atoms with Crippen LogP contribution in [-0.4, -0.2) is 41.5 Å². The Labute approximate surface area is 129 Å². The number of hydroxylamine groups is 1. The highest BCUT2D eigenvalue weighted by Crippen LogP contribution is 2.27. The van der Waals surface area contributed by atoms with E-state index in [0.717, 1.165) is 17.4 Å². The second-order valence-corrected chi connectivity index (χ2v) is 6.17. The average molecular weight is 297 g/mol. The summed E-state index contributed by atoms with van der Waals surface area (Å²) >= 11 is 0. The quantitative estimate of drug-likeness (QED) is 0.878. The van der Waals surface area contributed by atoms with E-state index in [1.54, 1.807) is 6.20 Å². The number of benzene rings is 1. The number of rotatable bonds is 3. The van der Waals surface area contributed by atoms with Crippen LogP contribution in [0.2, 0.25) is 0 Å². The summed E-state index contributed by atoms with van der Waals surface area (Å²) < 4.78 is 0. The summed E-state index contributed by atoms with van der Waals surface area (Å²) in [5, 5.41) is 0.944. The number of pyridine rings is 1. The molecule has 0 spiro atoms. The SMILES string of the molecule is O=C(ONC1CN2CCC1CC2)c1cnc2ccccc2c1. The van der Waals surface area contributed by atoms with Crippen molar-refractivity contribution in [1.82, 2.24) is 15.4 Å². The first kappa shape index (κ1) is 13.7. The Bertz CT molecular complexity index is 695. The van der Waals surface area contributed by atoms with Crippen LogP contribution in [0.1, 0.15) is 23.2 Å². The third-order valence-electron chi connectivity index (χ3n) is 4.79. The van der Waals surface area contributed by atoms with Gasteiger partial charge in [0.15, 0.2) is 0 Å². The fraction of sp³-hybridized carbons (Fsp3) is 0.412. The number of fused-ring (bicyclic) bond motifs is 4. The molecule has 0 amide bonds. The van der Waals surface area contributed by atoms with Gasteiger partial charge in [0, 0.05) is 18.1 Å². The van der Waals surface area contributed by atoms with E-state index in [0.29, 0.717) is 11.5 Å². The molecule has 5 nitrogen and oxygen atoms in total. The van der Waals surface area contributed by atoms with Gasteiger partial charge >= 0.3 is 5.97 Å². The summed E-state index contributed by atoms with van der Waals surface area (Å²) in [7, 11) is 0. The standard InChI is InChI=1S/C17H19N3O2/c21-17(14-9-13-3-1-2-4-15(13)18-10-14)22-19-16-11-20-7-5-12(16)6-8-20/h1-4,9-10,12,16,19H,5-8,11H2. The molecule has 2 bridgehead atoms. The Morgan fingerprint density at radius 3 is 2.86 bits per heavy atom. The highest BCUT2D eigenvalue weighted by atomic mass is 16.7. The van der Waals surface area contributed by atoms with Crippen molar-refractivity contribution in [2.45, 2.75) is 18.9 Å². The van der Waals surface area contributed by atoms with E-state index in [9.17, 15) is 4.79 Å². The number of piperidine rings is 3. The fourth-order valence-corrected chi connectivity index (χ4v) is 3.47. The minimum Gasteiger partial charge on any atom is -0.366 e. The van der Waals surface area contributed by atoms with Crippen LogP contribution in [0, 0.1) is 5.92 Å². The minimum absolute atomic E-state index is 0.250. The van der Waals surface area contributed by atoms with Crippen LogP contribution in [-0.2, 0) is 4.84 Å². The van der Waals surface area contributed by atoms with E-state index >= 15 is 0 Å². The van der Waals surface area contributed by atoms with E-state index < -0.39 is 0 Å². The van der Waals surface area contributed by atoms with Gasteiger partial charge in [-0.1, -0.05) is 18.2 Å². The van der Waals surface area contributed by atoms with Crippen molar-refractivity contribution in [3.05, 3.63) is 42.1 Å². The number of hydrogen-bond acceptors (Lipinski definition) is 5. The van der Waals surface area contributed by atoms with Gasteiger partial charge in [-0.25, -0.2) is 4.79 Å². The normalized spacial score (nSPS) is 27.0. The third-order valence-corrected chi connectivity index (χ3v) is 4.79. The molecule has 0 aliphatic carbocycles. The second-order valence-electron chi connectivity index (χ2n) is 6.17. The summed E-state index contributed by atoms with van der Waals surface area (Å²) in [5.74, 6) is 0.252. The molecule has 5 heteroatoms. The number of hydrogen-bond donors (Lipinski definition) is 1. The first-order valence-corrected chi connectivity index (χ1v) is 7.83. The molecule has 1 aromatic carbocycles. The van der Waals surface area contributed by atoms with E-state index in [1.807, 2.05) is 30.3 Å². The summed E-state index contributed by atoms with van der Waals surface area (Å²) in [6, 6.07) is 9.81. The zero-order valence-corrected chi connectivity index (χ0v) is 12.4. The molecule has 3 saturated heterocycles. The molecular weight excluding hydrogens is 278 g/mol. The predicted molar refractivity (Wildman–Crippen MR) is 83.2 cm³/mol. The lowest BCUT2D eigenvalue weighted by atomic mass is 9.84. The van der Waals surface area contributed by atoms with E-state index in [4.69, 9.17) is 4.84 Å². The Morgan fingerprint density at radius 2 is 2.09 bits per heavy atom. The van der Waals surface area contributed by atoms with Gasteiger partial charge in [-0.2, -0.15) is 0 Å². The second kappa shape index (κ2) is 5.66.